The fraction of sp³-hybridized carbons (Fsp3) is 0.143. The number of hydrogen-bond acceptors (Lipinski definition) is 5. The number of oxazole rings is 1. The van der Waals surface area contributed by atoms with Gasteiger partial charge in [-0.3, -0.25) is 4.98 Å². The first-order valence-electron chi connectivity index (χ1n) is 5.75. The minimum Gasteiger partial charge on any atom is -0.493 e. The molecular weight excluding hydrogens is 244 g/mol. The predicted molar refractivity (Wildman–Crippen MR) is 70.3 cm³/mol. The van der Waals surface area contributed by atoms with Crippen LogP contribution in [0.25, 0.3) is 22.6 Å². The molecule has 0 unspecified atom stereocenters. The molecule has 0 saturated carbocycles. The van der Waals surface area contributed by atoms with Crippen LogP contribution in [0.4, 0.5) is 0 Å². The van der Waals surface area contributed by atoms with Crippen LogP contribution in [0.2, 0.25) is 0 Å². The lowest BCUT2D eigenvalue weighted by Gasteiger charge is -2.07. The highest BCUT2D eigenvalue weighted by atomic mass is 16.5. The summed E-state index contributed by atoms with van der Waals surface area (Å²) in [7, 11) is 3.19. The van der Waals surface area contributed by atoms with Gasteiger partial charge in [-0.25, -0.2) is 4.98 Å². The van der Waals surface area contributed by atoms with E-state index < -0.39 is 0 Å². The summed E-state index contributed by atoms with van der Waals surface area (Å²) in [6.45, 7) is 0. The van der Waals surface area contributed by atoms with E-state index in [2.05, 4.69) is 9.97 Å². The molecule has 3 rings (SSSR count). The number of fused-ring (bicyclic) bond motifs is 1. The van der Waals surface area contributed by atoms with Crippen molar-refractivity contribution in [3.63, 3.8) is 0 Å². The zero-order valence-electron chi connectivity index (χ0n) is 10.6. The molecule has 5 nitrogen and oxygen atoms in total. The molecule has 0 atom stereocenters. The molecule has 0 bridgehead atoms. The number of hydrogen-bond donors (Lipinski definition) is 0. The van der Waals surface area contributed by atoms with Gasteiger partial charge in [-0.2, -0.15) is 0 Å². The van der Waals surface area contributed by atoms with Crippen molar-refractivity contribution in [2.24, 2.45) is 0 Å². The first kappa shape index (κ1) is 11.5. The third-order valence-electron chi connectivity index (χ3n) is 2.82. The van der Waals surface area contributed by atoms with Crippen molar-refractivity contribution in [2.45, 2.75) is 0 Å². The average Bonchev–Trinajstić information content (AvgIpc) is 2.90. The molecule has 0 saturated heterocycles. The monoisotopic (exact) mass is 256 g/mol. The first-order chi connectivity index (χ1) is 9.31. The van der Waals surface area contributed by atoms with Gasteiger partial charge in [0.25, 0.3) is 0 Å². The van der Waals surface area contributed by atoms with E-state index >= 15 is 0 Å². The fourth-order valence-electron chi connectivity index (χ4n) is 1.87. The molecule has 0 aliphatic carbocycles. The minimum absolute atomic E-state index is 0.531. The van der Waals surface area contributed by atoms with Gasteiger partial charge >= 0.3 is 0 Å². The maximum atomic E-state index is 5.68. The number of pyridine rings is 1. The highest BCUT2D eigenvalue weighted by Gasteiger charge is 2.11. The molecule has 0 spiro atoms. The van der Waals surface area contributed by atoms with Crippen LogP contribution in [0.15, 0.2) is 41.1 Å². The van der Waals surface area contributed by atoms with Crippen LogP contribution >= 0.6 is 0 Å². The van der Waals surface area contributed by atoms with E-state index in [-0.39, 0.29) is 0 Å². The second-order valence-corrected chi connectivity index (χ2v) is 3.93. The predicted octanol–water partition coefficient (Wildman–Crippen LogP) is 2.91. The van der Waals surface area contributed by atoms with Crippen molar-refractivity contribution in [2.75, 3.05) is 14.2 Å². The summed E-state index contributed by atoms with van der Waals surface area (Å²) in [6, 6.07) is 7.31. The number of methoxy groups -OCH3 is 2. The third kappa shape index (κ3) is 1.99. The molecule has 0 fully saturated rings. The fourth-order valence-corrected chi connectivity index (χ4v) is 1.87. The van der Waals surface area contributed by atoms with Crippen LogP contribution < -0.4 is 9.47 Å². The van der Waals surface area contributed by atoms with Gasteiger partial charge in [-0.1, -0.05) is 0 Å². The number of nitrogens with zero attached hydrogens (tertiary/aromatic N) is 2. The summed E-state index contributed by atoms with van der Waals surface area (Å²) >= 11 is 0. The van der Waals surface area contributed by atoms with Crippen molar-refractivity contribution in [3.05, 3.63) is 36.7 Å². The topological polar surface area (TPSA) is 57.4 Å². The van der Waals surface area contributed by atoms with Crippen molar-refractivity contribution in [1.29, 1.82) is 0 Å². The summed E-state index contributed by atoms with van der Waals surface area (Å²) in [5, 5.41) is 0. The van der Waals surface area contributed by atoms with E-state index in [4.69, 9.17) is 13.9 Å². The van der Waals surface area contributed by atoms with Crippen molar-refractivity contribution in [3.8, 4) is 23.0 Å². The van der Waals surface area contributed by atoms with Crippen LogP contribution in [0.1, 0.15) is 0 Å². The Hall–Kier alpha value is -2.56. The number of benzene rings is 1. The molecule has 2 heterocycles. The van der Waals surface area contributed by atoms with Gasteiger partial charge < -0.3 is 13.9 Å². The largest absolute Gasteiger partial charge is 0.493 e. The first-order valence-corrected chi connectivity index (χ1v) is 5.75. The van der Waals surface area contributed by atoms with Crippen LogP contribution in [0, 0.1) is 0 Å². The Morgan fingerprint density at radius 2 is 1.89 bits per heavy atom. The summed E-state index contributed by atoms with van der Waals surface area (Å²) in [5.74, 6) is 1.84. The molecule has 2 aromatic heterocycles. The second kappa shape index (κ2) is 4.61. The Kier molecular flexibility index (Phi) is 2.79. The van der Waals surface area contributed by atoms with Gasteiger partial charge in [-0.05, 0) is 18.2 Å². The number of ether oxygens (including phenoxy) is 2. The molecule has 0 aliphatic rings. The summed E-state index contributed by atoms with van der Waals surface area (Å²) in [5.41, 5.74) is 2.26. The summed E-state index contributed by atoms with van der Waals surface area (Å²) in [6.07, 6.45) is 3.34. The van der Waals surface area contributed by atoms with Gasteiger partial charge in [0.2, 0.25) is 5.89 Å². The van der Waals surface area contributed by atoms with E-state index in [1.54, 1.807) is 32.7 Å². The highest BCUT2D eigenvalue weighted by molar-refractivity contribution is 5.75. The van der Waals surface area contributed by atoms with Crippen LogP contribution in [-0.2, 0) is 0 Å². The van der Waals surface area contributed by atoms with Gasteiger partial charge in [0.15, 0.2) is 17.1 Å². The molecule has 19 heavy (non-hydrogen) atoms. The minimum atomic E-state index is 0.531. The normalized spacial score (nSPS) is 10.6. The number of aromatic nitrogens is 2. The molecule has 0 radical (unpaired) electrons. The second-order valence-electron chi connectivity index (χ2n) is 3.93. The Balaban J connectivity index is 2.10. The zero-order chi connectivity index (χ0) is 13.2. The zero-order valence-corrected chi connectivity index (χ0v) is 10.6. The summed E-state index contributed by atoms with van der Waals surface area (Å²) < 4.78 is 16.1. The average molecular weight is 256 g/mol. The maximum absolute atomic E-state index is 5.68. The molecule has 96 valence electrons. The maximum Gasteiger partial charge on any atom is 0.227 e. The van der Waals surface area contributed by atoms with Crippen molar-refractivity contribution in [1.82, 2.24) is 9.97 Å². The molecule has 0 N–H and O–H groups in total. The van der Waals surface area contributed by atoms with Gasteiger partial charge in [0.1, 0.15) is 5.52 Å². The van der Waals surface area contributed by atoms with Crippen molar-refractivity contribution >= 4 is 11.1 Å². The van der Waals surface area contributed by atoms with Crippen molar-refractivity contribution < 1.29 is 13.9 Å². The quantitative estimate of drug-likeness (QED) is 0.721. The number of rotatable bonds is 3. The van der Waals surface area contributed by atoms with Crippen LogP contribution in [0.5, 0.6) is 11.5 Å². The lowest BCUT2D eigenvalue weighted by Crippen LogP contribution is -1.90. The Bertz CT molecular complexity index is 689. The van der Waals surface area contributed by atoms with E-state index in [1.165, 1.54) is 0 Å². The molecule has 0 amide bonds. The Morgan fingerprint density at radius 1 is 1.05 bits per heavy atom. The smallest absolute Gasteiger partial charge is 0.227 e. The van der Waals surface area contributed by atoms with Gasteiger partial charge in [0, 0.05) is 17.8 Å². The standard InChI is InChI=1S/C14H12N2O3/c1-17-12-4-3-9(7-13(12)18-2)14-16-10-8-15-6-5-11(10)19-14/h3-8H,1-2H3. The van der Waals surface area contributed by atoms with E-state index in [0.29, 0.717) is 23.0 Å². The Labute approximate surface area is 109 Å². The molecular formula is C14H12N2O3. The molecule has 0 aliphatic heterocycles. The molecule has 5 heteroatoms. The van der Waals surface area contributed by atoms with Crippen LogP contribution in [-0.4, -0.2) is 24.2 Å². The van der Waals surface area contributed by atoms with E-state index in [1.807, 2.05) is 18.2 Å². The molecule has 3 aromatic rings. The van der Waals surface area contributed by atoms with E-state index in [9.17, 15) is 0 Å². The Morgan fingerprint density at radius 3 is 2.63 bits per heavy atom. The lowest BCUT2D eigenvalue weighted by molar-refractivity contribution is 0.355. The summed E-state index contributed by atoms with van der Waals surface area (Å²) in [4.78, 5) is 8.40. The third-order valence-corrected chi connectivity index (χ3v) is 2.82. The van der Waals surface area contributed by atoms with Gasteiger partial charge in [0.05, 0.1) is 20.4 Å². The SMILES string of the molecule is COc1ccc(-c2nc3cnccc3o2)cc1OC. The van der Waals surface area contributed by atoms with Crippen LogP contribution in [0.3, 0.4) is 0 Å². The highest BCUT2D eigenvalue weighted by Crippen LogP contribution is 2.32. The van der Waals surface area contributed by atoms with E-state index in [0.717, 1.165) is 11.1 Å². The van der Waals surface area contributed by atoms with Gasteiger partial charge in [-0.15, -0.1) is 0 Å². The molecule has 1 aromatic carbocycles. The lowest BCUT2D eigenvalue weighted by atomic mass is 10.2.